The maximum atomic E-state index is 12.2. The van der Waals surface area contributed by atoms with E-state index in [0.29, 0.717) is 35.0 Å². The van der Waals surface area contributed by atoms with Crippen molar-refractivity contribution >= 4 is 28.5 Å². The molecule has 32 heavy (non-hydrogen) atoms. The smallest absolute Gasteiger partial charge is 0.243 e. The number of hydrogen-bond donors (Lipinski definition) is 3. The number of aliphatic hydroxyl groups is 1. The summed E-state index contributed by atoms with van der Waals surface area (Å²) in [6.45, 7) is 3.70. The number of carbonyl (C=O) groups excluding carboxylic acids is 1. The number of rotatable bonds is 9. The molecule has 0 aromatic carbocycles. The second-order valence-electron chi connectivity index (χ2n) is 7.72. The zero-order chi connectivity index (χ0) is 22.5. The average molecular weight is 435 g/mol. The van der Waals surface area contributed by atoms with Crippen molar-refractivity contribution in [1.29, 1.82) is 0 Å². The van der Waals surface area contributed by atoms with Crippen LogP contribution in [0.3, 0.4) is 0 Å². The van der Waals surface area contributed by atoms with Crippen molar-refractivity contribution in [3.63, 3.8) is 0 Å². The SMILES string of the molecule is CC1=C/C(=N\c2c(NCCCn3cc[n+](C)c3)nn3ccccc23)C(NCCO)=CC1=O. The zero-order valence-corrected chi connectivity index (χ0v) is 18.3. The topological polar surface area (TPSA) is 99.8 Å². The van der Waals surface area contributed by atoms with Gasteiger partial charge in [0.1, 0.15) is 18.1 Å². The number of carbonyl (C=O) groups is 1. The highest BCUT2D eigenvalue weighted by Gasteiger charge is 2.19. The average Bonchev–Trinajstić information content (AvgIpc) is 3.36. The number of aromatic nitrogens is 4. The lowest BCUT2D eigenvalue weighted by Crippen LogP contribution is -2.26. The van der Waals surface area contributed by atoms with Gasteiger partial charge in [0.2, 0.25) is 6.33 Å². The quantitative estimate of drug-likeness (QED) is 0.269. The van der Waals surface area contributed by atoms with Crippen LogP contribution in [0.2, 0.25) is 0 Å². The van der Waals surface area contributed by atoms with E-state index in [-0.39, 0.29) is 12.4 Å². The lowest BCUT2D eigenvalue weighted by Gasteiger charge is -2.15. The van der Waals surface area contributed by atoms with E-state index in [1.54, 1.807) is 17.5 Å². The number of nitrogens with one attached hydrogen (secondary N) is 2. The van der Waals surface area contributed by atoms with Crippen LogP contribution in [0.15, 0.2) is 71.5 Å². The molecule has 0 bridgehead atoms. The summed E-state index contributed by atoms with van der Waals surface area (Å²) in [5.41, 5.74) is 3.42. The van der Waals surface area contributed by atoms with Crippen LogP contribution >= 0.6 is 0 Å². The predicted molar refractivity (Wildman–Crippen MR) is 123 cm³/mol. The van der Waals surface area contributed by atoms with Gasteiger partial charge in [-0.1, -0.05) is 6.07 Å². The number of aliphatic hydroxyl groups excluding tert-OH is 1. The first-order valence-corrected chi connectivity index (χ1v) is 10.7. The molecule has 3 aromatic heterocycles. The third-order valence-corrected chi connectivity index (χ3v) is 5.18. The van der Waals surface area contributed by atoms with Gasteiger partial charge in [0.25, 0.3) is 0 Å². The molecule has 0 atom stereocenters. The normalized spacial score (nSPS) is 15.2. The van der Waals surface area contributed by atoms with Gasteiger partial charge in [-0.2, -0.15) is 0 Å². The highest BCUT2D eigenvalue weighted by molar-refractivity contribution is 6.22. The van der Waals surface area contributed by atoms with Crippen LogP contribution in [0.25, 0.3) is 5.52 Å². The van der Waals surface area contributed by atoms with E-state index >= 15 is 0 Å². The van der Waals surface area contributed by atoms with Crippen LogP contribution in [-0.2, 0) is 18.4 Å². The van der Waals surface area contributed by atoms with Crippen molar-refractivity contribution in [2.24, 2.45) is 12.0 Å². The Bertz CT molecular complexity index is 1220. The Morgan fingerprint density at radius 2 is 2.06 bits per heavy atom. The Labute approximate surface area is 186 Å². The highest BCUT2D eigenvalue weighted by atomic mass is 16.3. The first-order valence-electron chi connectivity index (χ1n) is 10.7. The van der Waals surface area contributed by atoms with Crippen molar-refractivity contribution in [1.82, 2.24) is 19.5 Å². The summed E-state index contributed by atoms with van der Waals surface area (Å²) in [4.78, 5) is 17.0. The third kappa shape index (κ3) is 4.78. The van der Waals surface area contributed by atoms with Gasteiger partial charge >= 0.3 is 0 Å². The first kappa shape index (κ1) is 21.5. The Hall–Kier alpha value is -3.72. The van der Waals surface area contributed by atoms with E-state index in [1.165, 1.54) is 6.08 Å². The van der Waals surface area contributed by atoms with Crippen LogP contribution in [0.4, 0.5) is 11.5 Å². The molecule has 1 aliphatic rings. The zero-order valence-electron chi connectivity index (χ0n) is 18.3. The monoisotopic (exact) mass is 434 g/mol. The van der Waals surface area contributed by atoms with Gasteiger partial charge in [-0.3, -0.25) is 4.79 Å². The maximum Gasteiger partial charge on any atom is 0.243 e. The molecule has 9 nitrogen and oxygen atoms in total. The molecule has 3 N–H and O–H groups in total. The number of allylic oxidation sites excluding steroid dienone is 3. The standard InChI is InChI=1S/C23H27N7O2/c1-17-14-19(18(15-21(17)32)24-8-13-31)26-22-20-6-3-4-10-30(20)27-23(22)25-7-5-9-29-12-11-28(2)16-29/h3-4,6,10-12,14-16,31H,5,7-9,13H2,1-2H3,(H-,24,25,27,32)/p+1/b26-19+. The Kier molecular flexibility index (Phi) is 6.46. The molecule has 3 aromatic rings. The van der Waals surface area contributed by atoms with Crippen molar-refractivity contribution < 1.29 is 14.5 Å². The summed E-state index contributed by atoms with van der Waals surface area (Å²) >= 11 is 0. The van der Waals surface area contributed by atoms with Crippen molar-refractivity contribution in [2.75, 3.05) is 25.0 Å². The lowest BCUT2D eigenvalue weighted by atomic mass is 10.0. The summed E-state index contributed by atoms with van der Waals surface area (Å²) in [5, 5.41) is 20.4. The van der Waals surface area contributed by atoms with Crippen LogP contribution in [0.5, 0.6) is 0 Å². The van der Waals surface area contributed by atoms with Crippen LogP contribution in [0.1, 0.15) is 13.3 Å². The number of ketones is 1. The van der Waals surface area contributed by atoms with Crippen LogP contribution in [-0.4, -0.2) is 50.5 Å². The minimum absolute atomic E-state index is 0.0372. The molecule has 0 fully saturated rings. The Balaban J connectivity index is 1.60. The van der Waals surface area contributed by atoms with Gasteiger partial charge in [-0.25, -0.2) is 18.6 Å². The van der Waals surface area contributed by atoms with E-state index < -0.39 is 0 Å². The molecule has 4 rings (SSSR count). The second kappa shape index (κ2) is 9.61. The molecule has 0 unspecified atom stereocenters. The van der Waals surface area contributed by atoms with Gasteiger partial charge in [0.15, 0.2) is 11.6 Å². The molecule has 0 radical (unpaired) electrons. The van der Waals surface area contributed by atoms with Gasteiger partial charge in [-0.05, 0) is 30.7 Å². The van der Waals surface area contributed by atoms with Crippen LogP contribution in [0, 0.1) is 0 Å². The largest absolute Gasteiger partial charge is 0.395 e. The fourth-order valence-electron chi connectivity index (χ4n) is 3.54. The summed E-state index contributed by atoms with van der Waals surface area (Å²) in [6.07, 6.45) is 12.2. The molecule has 166 valence electrons. The molecule has 1 aliphatic carbocycles. The number of aliphatic imine (C=N–C) groups is 1. The number of anilines is 1. The lowest BCUT2D eigenvalue weighted by molar-refractivity contribution is -0.671. The number of aryl methyl sites for hydroxylation is 2. The predicted octanol–water partition coefficient (Wildman–Crippen LogP) is 1.53. The summed E-state index contributed by atoms with van der Waals surface area (Å²) in [7, 11) is 2.00. The molecule has 3 heterocycles. The fraction of sp³-hybridized carbons (Fsp3) is 0.304. The van der Waals surface area contributed by atoms with E-state index in [0.717, 1.165) is 25.0 Å². The molecule has 0 saturated heterocycles. The van der Waals surface area contributed by atoms with E-state index in [4.69, 9.17) is 4.99 Å². The van der Waals surface area contributed by atoms with Crippen molar-refractivity contribution in [3.05, 3.63) is 66.5 Å². The number of nitrogens with zero attached hydrogens (tertiary/aromatic N) is 5. The number of fused-ring (bicyclic) bond motifs is 1. The minimum atomic E-state index is -0.0685. The van der Waals surface area contributed by atoms with Gasteiger partial charge < -0.3 is 15.7 Å². The molecule has 9 heteroatoms. The number of imidazole rings is 1. The first-order chi connectivity index (χ1) is 15.5. The van der Waals surface area contributed by atoms with Crippen LogP contribution < -0.4 is 15.2 Å². The second-order valence-corrected chi connectivity index (χ2v) is 7.72. The maximum absolute atomic E-state index is 12.2. The number of hydrogen-bond acceptors (Lipinski definition) is 6. The van der Waals surface area contributed by atoms with Crippen molar-refractivity contribution in [2.45, 2.75) is 19.9 Å². The molecule has 0 aliphatic heterocycles. The third-order valence-electron chi connectivity index (χ3n) is 5.18. The molecule has 0 spiro atoms. The van der Waals surface area contributed by atoms with Gasteiger partial charge in [-0.15, -0.1) is 5.10 Å². The fourth-order valence-corrected chi connectivity index (χ4v) is 3.54. The molecule has 0 amide bonds. The highest BCUT2D eigenvalue weighted by Crippen LogP contribution is 2.31. The molecule has 0 saturated carbocycles. The summed E-state index contributed by atoms with van der Waals surface area (Å²) in [6, 6.07) is 5.83. The Morgan fingerprint density at radius 3 is 2.84 bits per heavy atom. The number of pyridine rings is 1. The summed E-state index contributed by atoms with van der Waals surface area (Å²) in [5.74, 6) is 0.618. The van der Waals surface area contributed by atoms with E-state index in [9.17, 15) is 9.90 Å². The van der Waals surface area contributed by atoms with E-state index in [1.807, 2.05) is 42.2 Å². The minimum Gasteiger partial charge on any atom is -0.395 e. The summed E-state index contributed by atoms with van der Waals surface area (Å²) < 4.78 is 5.95. The molecular weight excluding hydrogens is 406 g/mol. The van der Waals surface area contributed by atoms with E-state index in [2.05, 4.69) is 32.8 Å². The Morgan fingerprint density at radius 1 is 1.19 bits per heavy atom. The van der Waals surface area contributed by atoms with Gasteiger partial charge in [0, 0.05) is 31.8 Å². The van der Waals surface area contributed by atoms with Gasteiger partial charge in [0.05, 0.1) is 37.1 Å². The molecular formula is C23H28N7O2+. The van der Waals surface area contributed by atoms with Crippen molar-refractivity contribution in [3.8, 4) is 0 Å².